The van der Waals surface area contributed by atoms with Gasteiger partial charge in [0.2, 0.25) is 0 Å². The van der Waals surface area contributed by atoms with Crippen LogP contribution in [0, 0.1) is 60.2 Å². The van der Waals surface area contributed by atoms with Gasteiger partial charge in [0, 0.05) is 36.2 Å². The summed E-state index contributed by atoms with van der Waals surface area (Å²) in [5.74, 6) is -12.4. The molecule has 2 spiro atoms. The number of phenols is 2. The first kappa shape index (κ1) is 25.4. The molecule has 6 aliphatic carbocycles. The van der Waals surface area contributed by atoms with Crippen molar-refractivity contribution < 1.29 is 49.8 Å². The number of carbonyl (C=O) groups excluding carboxylic acids is 4. The molecule has 214 valence electrons. The molecule has 42 heavy (non-hydrogen) atoms. The molecule has 0 radical (unpaired) electrons. The number of aryl methyl sites for hydroxylation is 2. The number of hydrogen-bond donors (Lipinski definition) is 6. The number of Topliss-reactive ketones (excluding diaryl/α,β-unsaturated/α-hetero) is 4. The van der Waals surface area contributed by atoms with Crippen LogP contribution in [0.4, 0.5) is 0 Å². The molecule has 0 aromatic heterocycles. The van der Waals surface area contributed by atoms with Crippen LogP contribution in [0.1, 0.15) is 43.0 Å². The molecule has 0 heterocycles. The molecule has 0 aliphatic heterocycles. The van der Waals surface area contributed by atoms with Gasteiger partial charge < -0.3 is 30.6 Å². The van der Waals surface area contributed by atoms with Crippen molar-refractivity contribution in [2.45, 2.75) is 13.8 Å². The highest BCUT2D eigenvalue weighted by Gasteiger charge is 2.89. The van der Waals surface area contributed by atoms with E-state index in [1.165, 1.54) is 24.3 Å². The second-order valence-corrected chi connectivity index (χ2v) is 12.7. The van der Waals surface area contributed by atoms with E-state index in [4.69, 9.17) is 0 Å². The van der Waals surface area contributed by atoms with Crippen LogP contribution < -0.4 is 0 Å². The average Bonchev–Trinajstić information content (AvgIpc) is 3.34. The van der Waals surface area contributed by atoms with E-state index in [1.54, 1.807) is 13.8 Å². The molecular formula is C32H26O10. The first-order valence-electron chi connectivity index (χ1n) is 13.9. The number of rotatable bonds is 2. The number of aliphatic hydroxyl groups is 4. The molecule has 6 aliphatic rings. The summed E-state index contributed by atoms with van der Waals surface area (Å²) >= 11 is 0. The monoisotopic (exact) mass is 570 g/mol. The van der Waals surface area contributed by atoms with Crippen LogP contribution in [0.3, 0.4) is 0 Å². The highest BCUT2D eigenvalue weighted by atomic mass is 16.3. The molecule has 4 fully saturated rings. The van der Waals surface area contributed by atoms with Crippen LogP contribution in [0.25, 0.3) is 11.5 Å². The lowest BCUT2D eigenvalue weighted by Crippen LogP contribution is -2.64. The lowest BCUT2D eigenvalue weighted by Gasteiger charge is -2.55. The van der Waals surface area contributed by atoms with Gasteiger partial charge in [0.25, 0.3) is 0 Å². The molecule has 6 N–H and O–H groups in total. The molecule has 8 atom stereocenters. The minimum absolute atomic E-state index is 0.112. The van der Waals surface area contributed by atoms with Crippen LogP contribution in [-0.4, -0.2) is 67.0 Å². The van der Waals surface area contributed by atoms with Gasteiger partial charge in [-0.3, -0.25) is 19.2 Å². The molecule has 2 aromatic carbocycles. The maximum atomic E-state index is 14.8. The van der Waals surface area contributed by atoms with Crippen LogP contribution in [0.5, 0.6) is 11.5 Å². The topological polar surface area (TPSA) is 190 Å². The summed E-state index contributed by atoms with van der Waals surface area (Å²) in [5, 5.41) is 66.6. The predicted molar refractivity (Wildman–Crippen MR) is 143 cm³/mol. The normalized spacial score (nSPS) is 36.9. The number of carbonyl (C=O) groups is 4. The predicted octanol–water partition coefficient (Wildman–Crippen LogP) is 2.19. The number of aromatic hydroxyl groups is 2. The van der Waals surface area contributed by atoms with Crippen LogP contribution in [0.2, 0.25) is 0 Å². The van der Waals surface area contributed by atoms with Crippen molar-refractivity contribution in [2.24, 2.45) is 46.3 Å². The highest BCUT2D eigenvalue weighted by Crippen LogP contribution is 2.83. The van der Waals surface area contributed by atoms with Crippen LogP contribution in [-0.2, 0) is 9.59 Å². The Balaban J connectivity index is 1.57. The Kier molecular flexibility index (Phi) is 4.46. The largest absolute Gasteiger partial charge is 0.507 e. The van der Waals surface area contributed by atoms with E-state index in [9.17, 15) is 49.8 Å². The first-order chi connectivity index (χ1) is 19.9. The SMILES string of the molecule is Cc1cc(O)c2c(c1)C(=O)C13C(=C2O)C(=O)[C@H]2[C@H](CO)[C@H]1[C@H]1[C@H](CO)[C@H]3C(=O)C3=C(O)c4c(O)cc(C)cc4C(=O)C312. The third-order valence-corrected chi connectivity index (χ3v) is 11.2. The summed E-state index contributed by atoms with van der Waals surface area (Å²) in [6.45, 7) is 1.98. The molecule has 8 rings (SSSR count). The fraction of sp³-hybridized carbons (Fsp3) is 0.375. The van der Waals surface area contributed by atoms with E-state index in [-0.39, 0.29) is 33.4 Å². The van der Waals surface area contributed by atoms with Crippen molar-refractivity contribution in [1.82, 2.24) is 0 Å². The van der Waals surface area contributed by atoms with Crippen molar-refractivity contribution in [3.8, 4) is 11.5 Å². The van der Waals surface area contributed by atoms with E-state index < -0.39 is 106 Å². The van der Waals surface area contributed by atoms with Crippen LogP contribution >= 0.6 is 0 Å². The third kappa shape index (κ3) is 2.21. The number of hydrogen-bond acceptors (Lipinski definition) is 10. The van der Waals surface area contributed by atoms with Gasteiger partial charge in [-0.1, -0.05) is 0 Å². The summed E-state index contributed by atoms with van der Waals surface area (Å²) in [6.07, 6.45) is 0. The second kappa shape index (κ2) is 7.37. The Labute approximate surface area is 238 Å². The molecule has 2 aromatic rings. The Morgan fingerprint density at radius 2 is 0.976 bits per heavy atom. The van der Waals surface area contributed by atoms with Crippen molar-refractivity contribution in [3.05, 3.63) is 68.8 Å². The minimum Gasteiger partial charge on any atom is -0.507 e. The summed E-state index contributed by atoms with van der Waals surface area (Å²) in [7, 11) is 0. The summed E-state index contributed by atoms with van der Waals surface area (Å²) in [6, 6.07) is 5.55. The minimum atomic E-state index is -2.06. The van der Waals surface area contributed by atoms with E-state index in [2.05, 4.69) is 0 Å². The van der Waals surface area contributed by atoms with Gasteiger partial charge in [-0.05, 0) is 72.9 Å². The fourth-order valence-electron chi connectivity index (χ4n) is 10.4. The van der Waals surface area contributed by atoms with Gasteiger partial charge >= 0.3 is 0 Å². The number of phenolic OH excluding ortho intramolecular Hbond substituents is 2. The quantitative estimate of drug-likeness (QED) is 0.312. The zero-order valence-electron chi connectivity index (χ0n) is 22.5. The number of aliphatic hydroxyl groups excluding tert-OH is 4. The molecule has 0 saturated heterocycles. The van der Waals surface area contributed by atoms with Crippen molar-refractivity contribution in [2.75, 3.05) is 13.2 Å². The molecule has 4 bridgehead atoms. The van der Waals surface area contributed by atoms with E-state index in [0.29, 0.717) is 11.1 Å². The Hall–Kier alpha value is -4.28. The summed E-state index contributed by atoms with van der Waals surface area (Å²) in [4.78, 5) is 59.1. The zero-order valence-corrected chi connectivity index (χ0v) is 22.5. The molecule has 0 amide bonds. The fourth-order valence-corrected chi connectivity index (χ4v) is 10.4. The summed E-state index contributed by atoms with van der Waals surface area (Å²) < 4.78 is 0. The average molecular weight is 571 g/mol. The lowest BCUT2D eigenvalue weighted by atomic mass is 9.44. The molecule has 10 nitrogen and oxygen atoms in total. The molecule has 4 saturated carbocycles. The standard InChI is InChI=1S/C32H26O10/c1-9-3-11-17(15(35)5-9)25(37)23-28(40)22-13(7-33)19-20-14(8-34)21(31(19,23)29(11)41)27(39)24-26(38)18-12(30(42)32(20,22)24)4-10(2)6-16(18)36/h3-6,13-14,19-22,33-38H,7-8H2,1-2H3/t13-,14+,19+,20-,21+,22-,31?,32?. The van der Waals surface area contributed by atoms with Gasteiger partial charge in [0.15, 0.2) is 23.1 Å². The molecule has 10 heteroatoms. The number of allylic oxidation sites excluding steroid dienone is 2. The molecule has 2 unspecified atom stereocenters. The number of benzene rings is 2. The zero-order chi connectivity index (χ0) is 29.9. The van der Waals surface area contributed by atoms with Gasteiger partial charge in [-0.25, -0.2) is 0 Å². The number of fused-ring (bicyclic) bond motifs is 4. The highest BCUT2D eigenvalue weighted by molar-refractivity contribution is 6.30. The lowest BCUT2D eigenvalue weighted by molar-refractivity contribution is -0.138. The Bertz CT molecular complexity index is 1710. The number of ketones is 4. The van der Waals surface area contributed by atoms with E-state index in [1.807, 2.05) is 0 Å². The maximum absolute atomic E-state index is 14.8. The van der Waals surface area contributed by atoms with Gasteiger partial charge in [-0.2, -0.15) is 0 Å². The van der Waals surface area contributed by atoms with Crippen molar-refractivity contribution in [3.63, 3.8) is 0 Å². The first-order valence-corrected chi connectivity index (χ1v) is 13.9. The van der Waals surface area contributed by atoms with E-state index >= 15 is 0 Å². The van der Waals surface area contributed by atoms with Crippen molar-refractivity contribution in [1.29, 1.82) is 0 Å². The summed E-state index contributed by atoms with van der Waals surface area (Å²) in [5.41, 5.74) is -4.67. The maximum Gasteiger partial charge on any atom is 0.175 e. The molecular weight excluding hydrogens is 544 g/mol. The van der Waals surface area contributed by atoms with Crippen LogP contribution in [0.15, 0.2) is 35.4 Å². The second-order valence-electron chi connectivity index (χ2n) is 12.7. The smallest absolute Gasteiger partial charge is 0.175 e. The van der Waals surface area contributed by atoms with Gasteiger partial charge in [0.1, 0.15) is 23.0 Å². The van der Waals surface area contributed by atoms with Gasteiger partial charge in [-0.15, -0.1) is 0 Å². The van der Waals surface area contributed by atoms with E-state index in [0.717, 1.165) is 0 Å². The third-order valence-electron chi connectivity index (χ3n) is 11.2. The van der Waals surface area contributed by atoms with Crippen molar-refractivity contribution >= 4 is 34.7 Å². The Morgan fingerprint density at radius 1 is 0.619 bits per heavy atom. The Morgan fingerprint density at radius 3 is 1.31 bits per heavy atom. The van der Waals surface area contributed by atoms with Gasteiger partial charge in [0.05, 0.1) is 33.1 Å².